The van der Waals surface area contributed by atoms with Crippen molar-refractivity contribution in [3.8, 4) is 0 Å². The highest BCUT2D eigenvalue weighted by atomic mass is 32.1. The van der Waals surface area contributed by atoms with Gasteiger partial charge in [-0.15, -0.1) is 11.3 Å². The molecular formula is C13H14S. The van der Waals surface area contributed by atoms with E-state index in [1.165, 1.54) is 29.7 Å². The van der Waals surface area contributed by atoms with E-state index in [1.807, 2.05) is 11.3 Å². The van der Waals surface area contributed by atoms with Crippen molar-refractivity contribution in [1.82, 2.24) is 0 Å². The molecule has 0 atom stereocenters. The molecule has 0 radical (unpaired) electrons. The van der Waals surface area contributed by atoms with Crippen LogP contribution in [-0.2, 0) is 12.8 Å². The van der Waals surface area contributed by atoms with Crippen LogP contribution in [0.1, 0.15) is 16.9 Å². The van der Waals surface area contributed by atoms with Crippen LogP contribution in [0.4, 0.5) is 0 Å². The molecule has 0 saturated heterocycles. The summed E-state index contributed by atoms with van der Waals surface area (Å²) in [6.07, 6.45) is 3.66. The summed E-state index contributed by atoms with van der Waals surface area (Å²) in [6.45, 7) is 0. The first-order valence-electron chi connectivity index (χ1n) is 5.01. The van der Waals surface area contributed by atoms with Crippen LogP contribution >= 0.6 is 11.3 Å². The lowest BCUT2D eigenvalue weighted by molar-refractivity contribution is 0.831. The van der Waals surface area contributed by atoms with Crippen LogP contribution in [0, 0.1) is 0 Å². The molecule has 0 aliphatic carbocycles. The maximum atomic E-state index is 2.22. The fourth-order valence-corrected chi connectivity index (χ4v) is 2.32. The number of thiophene rings is 1. The van der Waals surface area contributed by atoms with Gasteiger partial charge in [0.2, 0.25) is 0 Å². The largest absolute Gasteiger partial charge is 0.149 e. The van der Waals surface area contributed by atoms with Crippen LogP contribution in [0.25, 0.3) is 0 Å². The van der Waals surface area contributed by atoms with Gasteiger partial charge < -0.3 is 0 Å². The van der Waals surface area contributed by atoms with E-state index >= 15 is 0 Å². The van der Waals surface area contributed by atoms with Crippen molar-refractivity contribution in [3.63, 3.8) is 0 Å². The van der Waals surface area contributed by atoms with Crippen LogP contribution < -0.4 is 0 Å². The molecule has 1 aromatic heterocycles. The monoisotopic (exact) mass is 202 g/mol. The minimum Gasteiger partial charge on any atom is -0.149 e. The smallest absolute Gasteiger partial charge is 0.00453 e. The summed E-state index contributed by atoms with van der Waals surface area (Å²) < 4.78 is 0. The Kier molecular flexibility index (Phi) is 3.36. The van der Waals surface area contributed by atoms with Crippen molar-refractivity contribution in [2.24, 2.45) is 0 Å². The van der Waals surface area contributed by atoms with Gasteiger partial charge in [0.15, 0.2) is 0 Å². The van der Waals surface area contributed by atoms with Gasteiger partial charge in [-0.25, -0.2) is 0 Å². The zero-order valence-electron chi connectivity index (χ0n) is 8.15. The topological polar surface area (TPSA) is 0 Å². The molecule has 0 spiro atoms. The first-order chi connectivity index (χ1) is 6.95. The van der Waals surface area contributed by atoms with Crippen molar-refractivity contribution in [1.29, 1.82) is 0 Å². The number of aryl methyl sites for hydroxylation is 2. The summed E-state index contributed by atoms with van der Waals surface area (Å²) in [7, 11) is 0. The highest BCUT2D eigenvalue weighted by Gasteiger charge is 1.95. The molecule has 0 unspecified atom stereocenters. The van der Waals surface area contributed by atoms with Crippen molar-refractivity contribution in [2.75, 3.05) is 0 Å². The fraction of sp³-hybridized carbons (Fsp3) is 0.231. The Morgan fingerprint density at radius 2 is 1.71 bits per heavy atom. The lowest BCUT2D eigenvalue weighted by Gasteiger charge is -1.99. The summed E-state index contributed by atoms with van der Waals surface area (Å²) in [5.74, 6) is 0. The zero-order chi connectivity index (χ0) is 9.64. The molecule has 0 saturated carbocycles. The van der Waals surface area contributed by atoms with E-state index in [0.717, 1.165) is 0 Å². The maximum Gasteiger partial charge on any atom is 0.00453 e. The van der Waals surface area contributed by atoms with Gasteiger partial charge >= 0.3 is 0 Å². The minimum absolute atomic E-state index is 1.19. The van der Waals surface area contributed by atoms with Gasteiger partial charge in [0.1, 0.15) is 0 Å². The van der Waals surface area contributed by atoms with Crippen molar-refractivity contribution < 1.29 is 0 Å². The molecule has 0 aliphatic heterocycles. The van der Waals surface area contributed by atoms with E-state index in [2.05, 4.69) is 47.8 Å². The minimum atomic E-state index is 1.19. The number of benzene rings is 1. The van der Waals surface area contributed by atoms with E-state index in [-0.39, 0.29) is 0 Å². The highest BCUT2D eigenvalue weighted by Crippen LogP contribution is 2.12. The Morgan fingerprint density at radius 1 is 0.857 bits per heavy atom. The molecule has 1 heteroatoms. The third kappa shape index (κ3) is 2.71. The Bertz CT molecular complexity index is 348. The number of hydrogen-bond donors (Lipinski definition) is 0. The van der Waals surface area contributed by atoms with Crippen LogP contribution in [0.5, 0.6) is 0 Å². The maximum absolute atomic E-state index is 2.22. The van der Waals surface area contributed by atoms with Gasteiger partial charge in [-0.2, -0.15) is 0 Å². The lowest BCUT2D eigenvalue weighted by Crippen LogP contribution is -1.87. The third-order valence-electron chi connectivity index (χ3n) is 2.31. The molecular weight excluding hydrogens is 188 g/mol. The molecule has 0 nitrogen and oxygen atoms in total. The van der Waals surface area contributed by atoms with Crippen molar-refractivity contribution in [3.05, 3.63) is 58.3 Å². The fourth-order valence-electron chi connectivity index (χ4n) is 1.57. The summed E-state index contributed by atoms with van der Waals surface area (Å²) in [5.41, 5.74) is 1.45. The predicted octanol–water partition coefficient (Wildman–Crippen LogP) is 3.92. The summed E-state index contributed by atoms with van der Waals surface area (Å²) in [6, 6.07) is 15.0. The number of hydrogen-bond acceptors (Lipinski definition) is 1. The Morgan fingerprint density at radius 3 is 2.43 bits per heavy atom. The summed E-state index contributed by atoms with van der Waals surface area (Å²) in [4.78, 5) is 1.50. The van der Waals surface area contributed by atoms with Gasteiger partial charge in [-0.05, 0) is 36.3 Å². The van der Waals surface area contributed by atoms with Crippen molar-refractivity contribution >= 4 is 11.3 Å². The van der Waals surface area contributed by atoms with Crippen LogP contribution in [0.15, 0.2) is 47.8 Å². The van der Waals surface area contributed by atoms with Crippen LogP contribution in [0.2, 0.25) is 0 Å². The first-order valence-corrected chi connectivity index (χ1v) is 5.89. The second-order valence-corrected chi connectivity index (χ2v) is 4.45. The molecule has 0 N–H and O–H groups in total. The van der Waals surface area contributed by atoms with E-state index in [4.69, 9.17) is 0 Å². The quantitative estimate of drug-likeness (QED) is 0.705. The predicted molar refractivity (Wildman–Crippen MR) is 62.8 cm³/mol. The Labute approximate surface area is 89.2 Å². The molecule has 1 aromatic carbocycles. The average Bonchev–Trinajstić information content (AvgIpc) is 2.72. The van der Waals surface area contributed by atoms with E-state index < -0.39 is 0 Å². The zero-order valence-corrected chi connectivity index (χ0v) is 8.96. The molecule has 14 heavy (non-hydrogen) atoms. The molecule has 0 aliphatic rings. The number of rotatable bonds is 4. The van der Waals surface area contributed by atoms with Gasteiger partial charge in [-0.3, -0.25) is 0 Å². The first kappa shape index (κ1) is 9.47. The standard InChI is InChI=1S/C13H14S/c1-2-6-12(7-3-1)8-4-9-13-10-5-11-14-13/h1-3,5-7,10-11H,4,8-9H2. The Balaban J connectivity index is 1.79. The molecule has 0 fully saturated rings. The molecule has 0 bridgehead atoms. The summed E-state index contributed by atoms with van der Waals surface area (Å²) in [5, 5.41) is 2.15. The van der Waals surface area contributed by atoms with E-state index in [9.17, 15) is 0 Å². The van der Waals surface area contributed by atoms with E-state index in [1.54, 1.807) is 0 Å². The van der Waals surface area contributed by atoms with Crippen LogP contribution in [0.3, 0.4) is 0 Å². The van der Waals surface area contributed by atoms with Gasteiger partial charge in [0, 0.05) is 4.88 Å². The Hall–Kier alpha value is -1.08. The molecule has 0 amide bonds. The molecule has 1 heterocycles. The molecule has 2 aromatic rings. The lowest BCUT2D eigenvalue weighted by atomic mass is 10.1. The van der Waals surface area contributed by atoms with Gasteiger partial charge in [0.05, 0.1) is 0 Å². The highest BCUT2D eigenvalue weighted by molar-refractivity contribution is 7.09. The average molecular weight is 202 g/mol. The SMILES string of the molecule is c1ccc(CCCc2cccs2)cc1. The van der Waals surface area contributed by atoms with Crippen molar-refractivity contribution in [2.45, 2.75) is 19.3 Å². The van der Waals surface area contributed by atoms with E-state index in [0.29, 0.717) is 0 Å². The van der Waals surface area contributed by atoms with Crippen LogP contribution in [-0.4, -0.2) is 0 Å². The molecule has 2 rings (SSSR count). The second-order valence-electron chi connectivity index (χ2n) is 3.42. The van der Waals surface area contributed by atoms with Gasteiger partial charge in [0.25, 0.3) is 0 Å². The third-order valence-corrected chi connectivity index (χ3v) is 3.25. The summed E-state index contributed by atoms with van der Waals surface area (Å²) >= 11 is 1.86. The van der Waals surface area contributed by atoms with Gasteiger partial charge in [-0.1, -0.05) is 36.4 Å². The molecule has 72 valence electrons. The normalized spacial score (nSPS) is 10.3. The second kappa shape index (κ2) is 4.97.